The maximum atomic E-state index is 13.2. The average Bonchev–Trinajstić information content (AvgIpc) is 2.61. The van der Waals surface area contributed by atoms with Crippen LogP contribution in [0.2, 0.25) is 0 Å². The van der Waals surface area contributed by atoms with Gasteiger partial charge in [-0.3, -0.25) is 9.59 Å². The summed E-state index contributed by atoms with van der Waals surface area (Å²) in [7, 11) is -3.80. The van der Waals surface area contributed by atoms with Gasteiger partial charge in [-0.15, -0.1) is 0 Å². The molecule has 0 fully saturated rings. The summed E-state index contributed by atoms with van der Waals surface area (Å²) in [6.45, 7) is 7.91. The Morgan fingerprint density at radius 1 is 0.720 bits per heavy atom. The topological polar surface area (TPSA) is 52.6 Å². The highest BCUT2D eigenvalue weighted by atomic mass is 28.4. The standard InChI is InChI=1S/C20H24O4Si/c1-5-23-25(24-6-2,19(21)17-11-7-15(3)8-12-17)20(22)18-13-9-16(4)10-14-18/h7-14H,5-6H2,1-4H3. The highest BCUT2D eigenvalue weighted by molar-refractivity contribution is 7.20. The number of hydrogen-bond acceptors (Lipinski definition) is 4. The van der Waals surface area contributed by atoms with Crippen molar-refractivity contribution in [2.24, 2.45) is 0 Å². The van der Waals surface area contributed by atoms with Gasteiger partial charge in [0.2, 0.25) is 10.8 Å². The van der Waals surface area contributed by atoms with Gasteiger partial charge in [0.25, 0.3) is 0 Å². The van der Waals surface area contributed by atoms with E-state index in [-0.39, 0.29) is 24.0 Å². The Bertz CT molecular complexity index is 670. The largest absolute Gasteiger partial charge is 0.491 e. The molecule has 5 heteroatoms. The Hall–Kier alpha value is -2.08. The van der Waals surface area contributed by atoms with Crippen LogP contribution in [0.25, 0.3) is 0 Å². The molecule has 4 nitrogen and oxygen atoms in total. The molecule has 0 aliphatic heterocycles. The van der Waals surface area contributed by atoms with Crippen LogP contribution in [-0.4, -0.2) is 32.6 Å². The average molecular weight is 356 g/mol. The van der Waals surface area contributed by atoms with Crippen LogP contribution in [-0.2, 0) is 8.85 Å². The molecule has 0 bridgehead atoms. The molecule has 0 radical (unpaired) electrons. The van der Waals surface area contributed by atoms with Crippen molar-refractivity contribution in [3.63, 3.8) is 0 Å². The SMILES string of the molecule is CCO[Si](OCC)(C(=O)c1ccc(C)cc1)C(=O)c1ccc(C)cc1. The molecule has 2 aromatic carbocycles. The van der Waals surface area contributed by atoms with Crippen molar-refractivity contribution in [3.05, 3.63) is 70.8 Å². The third kappa shape index (κ3) is 4.12. The fraction of sp³-hybridized carbons (Fsp3) is 0.300. The molecule has 25 heavy (non-hydrogen) atoms. The van der Waals surface area contributed by atoms with E-state index in [0.29, 0.717) is 11.1 Å². The predicted molar refractivity (Wildman–Crippen MR) is 100 cm³/mol. The molecule has 0 unspecified atom stereocenters. The van der Waals surface area contributed by atoms with Gasteiger partial charge in [0, 0.05) is 24.3 Å². The quantitative estimate of drug-likeness (QED) is 0.672. The lowest BCUT2D eigenvalue weighted by atomic mass is 10.2. The monoisotopic (exact) mass is 356 g/mol. The van der Waals surface area contributed by atoms with Gasteiger partial charge in [-0.25, -0.2) is 0 Å². The third-order valence-corrected chi connectivity index (χ3v) is 7.08. The van der Waals surface area contributed by atoms with Crippen LogP contribution >= 0.6 is 0 Å². The van der Waals surface area contributed by atoms with E-state index in [1.807, 2.05) is 38.1 Å². The third-order valence-electron chi connectivity index (χ3n) is 3.92. The molecule has 0 atom stereocenters. The first kappa shape index (κ1) is 19.2. The Morgan fingerprint density at radius 3 is 1.32 bits per heavy atom. The molecule has 0 saturated heterocycles. The number of hydrogen-bond donors (Lipinski definition) is 0. The Kier molecular flexibility index (Phi) is 6.42. The molecule has 0 spiro atoms. The lowest BCUT2D eigenvalue weighted by molar-refractivity contribution is 0.0841. The molecule has 132 valence electrons. The smallest absolute Gasteiger partial charge is 0.384 e. The van der Waals surface area contributed by atoms with E-state index in [4.69, 9.17) is 8.85 Å². The van der Waals surface area contributed by atoms with Crippen LogP contribution in [0.1, 0.15) is 45.7 Å². The summed E-state index contributed by atoms with van der Waals surface area (Å²) in [6, 6.07) is 14.3. The molecule has 0 aliphatic carbocycles. The summed E-state index contributed by atoms with van der Waals surface area (Å²) in [4.78, 5) is 26.5. The molecule has 0 N–H and O–H groups in total. The Morgan fingerprint density at radius 2 is 1.04 bits per heavy atom. The zero-order valence-corrected chi connectivity index (χ0v) is 16.2. The second-order valence-corrected chi connectivity index (χ2v) is 8.59. The predicted octanol–water partition coefficient (Wildman–Crippen LogP) is 3.96. The van der Waals surface area contributed by atoms with Gasteiger partial charge in [-0.05, 0) is 27.7 Å². The zero-order chi connectivity index (χ0) is 18.4. The summed E-state index contributed by atoms with van der Waals surface area (Å²) in [5.41, 5.74) is 2.97. The van der Waals surface area contributed by atoms with Crippen molar-refractivity contribution < 1.29 is 18.4 Å². The van der Waals surface area contributed by atoms with Crippen LogP contribution in [0.15, 0.2) is 48.5 Å². The van der Waals surface area contributed by atoms with Crippen molar-refractivity contribution in [1.29, 1.82) is 0 Å². The minimum absolute atomic E-state index is 0.238. The van der Waals surface area contributed by atoms with E-state index < -0.39 is 8.56 Å². The zero-order valence-electron chi connectivity index (χ0n) is 15.2. The Labute approximate surface area is 150 Å². The first-order valence-corrected chi connectivity index (χ1v) is 10.3. The van der Waals surface area contributed by atoms with E-state index >= 15 is 0 Å². The van der Waals surface area contributed by atoms with Crippen LogP contribution < -0.4 is 0 Å². The number of aryl methyl sites for hydroxylation is 2. The van der Waals surface area contributed by atoms with Gasteiger partial charge in [-0.1, -0.05) is 59.7 Å². The number of carbonyl (C=O) groups is 2. The summed E-state index contributed by atoms with van der Waals surface area (Å²) < 4.78 is 11.6. The summed E-state index contributed by atoms with van der Waals surface area (Å²) in [5, 5.41) is -0.691. The van der Waals surface area contributed by atoms with Crippen LogP contribution in [0.4, 0.5) is 0 Å². The van der Waals surface area contributed by atoms with Gasteiger partial charge in [0.1, 0.15) is 0 Å². The molecular formula is C20H24O4Si. The lowest BCUT2D eigenvalue weighted by Crippen LogP contribution is -2.58. The van der Waals surface area contributed by atoms with E-state index in [1.165, 1.54) is 0 Å². The van der Waals surface area contributed by atoms with Gasteiger partial charge >= 0.3 is 8.56 Å². The van der Waals surface area contributed by atoms with Crippen LogP contribution in [0.5, 0.6) is 0 Å². The number of rotatable bonds is 8. The summed E-state index contributed by atoms with van der Waals surface area (Å²) in [6.07, 6.45) is 0. The minimum Gasteiger partial charge on any atom is -0.384 e. The van der Waals surface area contributed by atoms with E-state index in [0.717, 1.165) is 11.1 Å². The summed E-state index contributed by atoms with van der Waals surface area (Å²) in [5.74, 6) is 0. The van der Waals surface area contributed by atoms with Crippen molar-refractivity contribution in [3.8, 4) is 0 Å². The maximum absolute atomic E-state index is 13.2. The molecule has 2 rings (SSSR count). The number of benzene rings is 2. The molecule has 0 heterocycles. The lowest BCUT2D eigenvalue weighted by Gasteiger charge is -2.27. The Balaban J connectivity index is 2.51. The number of carbonyl (C=O) groups excluding carboxylic acids is 2. The fourth-order valence-electron chi connectivity index (χ4n) is 2.60. The van der Waals surface area contributed by atoms with Gasteiger partial charge in [-0.2, -0.15) is 0 Å². The highest BCUT2D eigenvalue weighted by Crippen LogP contribution is 2.22. The van der Waals surface area contributed by atoms with Gasteiger partial charge < -0.3 is 8.85 Å². The second kappa shape index (κ2) is 8.34. The molecule has 2 aromatic rings. The molecule has 0 aliphatic rings. The van der Waals surface area contributed by atoms with Gasteiger partial charge in [0.05, 0.1) is 0 Å². The van der Waals surface area contributed by atoms with E-state index in [2.05, 4.69) is 0 Å². The first-order chi connectivity index (χ1) is 11.9. The molecular weight excluding hydrogens is 332 g/mol. The molecule has 0 saturated carbocycles. The first-order valence-electron chi connectivity index (χ1n) is 8.45. The maximum Gasteiger partial charge on any atom is 0.491 e. The molecule has 0 amide bonds. The molecule has 0 aromatic heterocycles. The normalized spacial score (nSPS) is 11.4. The van der Waals surface area contributed by atoms with Crippen molar-refractivity contribution >= 4 is 19.4 Å². The van der Waals surface area contributed by atoms with Crippen molar-refractivity contribution in [2.75, 3.05) is 13.2 Å². The van der Waals surface area contributed by atoms with Gasteiger partial charge in [0.15, 0.2) is 0 Å². The fourth-order valence-corrected chi connectivity index (χ4v) is 5.32. The van der Waals surface area contributed by atoms with E-state index in [9.17, 15) is 9.59 Å². The van der Waals surface area contributed by atoms with E-state index in [1.54, 1.807) is 38.1 Å². The second-order valence-electron chi connectivity index (χ2n) is 5.87. The minimum atomic E-state index is -3.80. The highest BCUT2D eigenvalue weighted by Gasteiger charge is 2.54. The summed E-state index contributed by atoms with van der Waals surface area (Å²) >= 11 is 0. The van der Waals surface area contributed by atoms with Crippen molar-refractivity contribution in [1.82, 2.24) is 0 Å². The van der Waals surface area contributed by atoms with Crippen LogP contribution in [0, 0.1) is 13.8 Å². The van der Waals surface area contributed by atoms with Crippen molar-refractivity contribution in [2.45, 2.75) is 27.7 Å². The van der Waals surface area contributed by atoms with Crippen LogP contribution in [0.3, 0.4) is 0 Å².